The van der Waals surface area contributed by atoms with Gasteiger partial charge in [0.25, 0.3) is 0 Å². The number of allylic oxidation sites excluding steroid dienone is 4. The largest absolute Gasteiger partial charge is 0.472 e. The van der Waals surface area contributed by atoms with Crippen LogP contribution in [0.4, 0.5) is 0 Å². The van der Waals surface area contributed by atoms with Gasteiger partial charge < -0.3 is 24.2 Å². The number of esters is 3. The Morgan fingerprint density at radius 1 is 0.350 bits per heavy atom. The molecule has 0 spiro atoms. The fraction of sp³-hybridized carbons (Fsp3) is 0.897. The first-order valence-electron chi connectivity index (χ1n) is 34.2. The van der Waals surface area contributed by atoms with Crippen LogP contribution in [0.2, 0.25) is 0 Å². The normalized spacial score (nSPS) is 13.3. The highest BCUT2D eigenvalue weighted by Gasteiger charge is 2.28. The zero-order chi connectivity index (χ0) is 58.3. The van der Waals surface area contributed by atoms with E-state index in [-0.39, 0.29) is 25.9 Å². The second-order valence-corrected chi connectivity index (χ2v) is 24.8. The highest BCUT2D eigenvalue weighted by Crippen LogP contribution is 2.43. The molecule has 80 heavy (non-hydrogen) atoms. The molecule has 0 aromatic carbocycles. The van der Waals surface area contributed by atoms with Crippen LogP contribution in [-0.4, -0.2) is 66.5 Å². The summed E-state index contributed by atoms with van der Waals surface area (Å²) in [5.41, 5.74) is 0. The number of ether oxygens (including phenoxy) is 3. The van der Waals surface area contributed by atoms with Crippen LogP contribution in [0.5, 0.6) is 0 Å². The highest BCUT2D eigenvalue weighted by molar-refractivity contribution is 7.47. The summed E-state index contributed by atoms with van der Waals surface area (Å²) in [7, 11) is -4.75. The Morgan fingerprint density at radius 2 is 0.613 bits per heavy atom. The second-order valence-electron chi connectivity index (χ2n) is 23.4. The van der Waals surface area contributed by atoms with Gasteiger partial charge in [0, 0.05) is 19.3 Å². The molecule has 3 atom stereocenters. The maximum Gasteiger partial charge on any atom is 0.472 e. The fourth-order valence-electron chi connectivity index (χ4n) is 10.2. The van der Waals surface area contributed by atoms with Gasteiger partial charge >= 0.3 is 25.7 Å². The maximum atomic E-state index is 13.0. The van der Waals surface area contributed by atoms with E-state index in [2.05, 4.69) is 45.1 Å². The number of aliphatic hydroxyl groups excluding tert-OH is 1. The smallest absolute Gasteiger partial charge is 0.462 e. The lowest BCUT2D eigenvalue weighted by molar-refractivity contribution is -0.161. The van der Waals surface area contributed by atoms with Crippen LogP contribution in [0.15, 0.2) is 24.3 Å². The topological polar surface area (TPSA) is 155 Å². The Morgan fingerprint density at radius 3 is 0.950 bits per heavy atom. The van der Waals surface area contributed by atoms with Crippen molar-refractivity contribution < 1.29 is 52.2 Å². The van der Waals surface area contributed by atoms with E-state index in [0.29, 0.717) is 19.3 Å². The van der Waals surface area contributed by atoms with Crippen LogP contribution in [0, 0.1) is 0 Å². The van der Waals surface area contributed by atoms with Gasteiger partial charge in [-0.15, -0.1) is 0 Å². The van der Waals surface area contributed by atoms with Gasteiger partial charge in [-0.2, -0.15) is 0 Å². The van der Waals surface area contributed by atoms with E-state index in [1.54, 1.807) is 0 Å². The van der Waals surface area contributed by atoms with Gasteiger partial charge in [-0.25, -0.2) is 4.57 Å². The number of rotatable bonds is 65. The van der Waals surface area contributed by atoms with Crippen molar-refractivity contribution in [2.75, 3.05) is 26.4 Å². The molecule has 0 saturated carbocycles. The molecule has 0 aliphatic carbocycles. The number of hydrogen-bond donors (Lipinski definition) is 2. The minimum atomic E-state index is -4.75. The lowest BCUT2D eigenvalue weighted by atomic mass is 10.0. The number of carbonyl (C=O) groups is 3. The van der Waals surface area contributed by atoms with Gasteiger partial charge in [0.2, 0.25) is 0 Å². The summed E-state index contributed by atoms with van der Waals surface area (Å²) < 4.78 is 39.8. The molecule has 0 aromatic heterocycles. The Labute approximate surface area is 493 Å². The van der Waals surface area contributed by atoms with Gasteiger partial charge in [-0.1, -0.05) is 308 Å². The molecule has 0 heterocycles. The zero-order valence-corrected chi connectivity index (χ0v) is 53.5. The molecule has 0 aliphatic heterocycles. The van der Waals surface area contributed by atoms with Crippen molar-refractivity contribution in [3.63, 3.8) is 0 Å². The number of hydrogen-bond acceptors (Lipinski definition) is 10. The number of unbranched alkanes of at least 4 members (excludes halogenated alkanes) is 44. The Hall–Kier alpha value is -2.04. The summed E-state index contributed by atoms with van der Waals surface area (Å²) in [6.45, 7) is 4.71. The van der Waals surface area contributed by atoms with Gasteiger partial charge in [0.1, 0.15) is 12.7 Å². The van der Waals surface area contributed by atoms with E-state index in [1.807, 2.05) is 0 Å². The van der Waals surface area contributed by atoms with E-state index < -0.39 is 57.8 Å². The standard InChI is InChI=1S/C68H129O11P/c1-4-7-10-13-16-19-22-25-28-31-32-35-36-39-42-45-48-51-54-57-66(70)75-61-65(79-68(72)59-56-53-50-47-44-41-38-34-30-27-24-21-18-15-12-9-6-3)63-77-80(73,74)76-62-64(60-69)78-67(71)58-55-52-49-46-43-40-37-33-29-26-23-20-17-14-11-8-5-2/h18,21,27,30,64-65,69H,4-17,19-20,22-26,28-29,31-63H2,1-3H3,(H,73,74)/b21-18-,30-27-. The molecule has 0 bridgehead atoms. The Bertz CT molecular complexity index is 1440. The van der Waals surface area contributed by atoms with E-state index in [0.717, 1.165) is 77.0 Å². The number of phosphoric ester groups is 1. The quantitative estimate of drug-likeness (QED) is 0.0197. The molecular formula is C68H129O11P. The molecule has 0 amide bonds. The molecule has 0 rings (SSSR count). The molecule has 2 N–H and O–H groups in total. The van der Waals surface area contributed by atoms with Crippen molar-refractivity contribution in [2.45, 2.75) is 367 Å². The third-order valence-electron chi connectivity index (χ3n) is 15.4. The van der Waals surface area contributed by atoms with Gasteiger partial charge in [-0.05, 0) is 51.4 Å². The van der Waals surface area contributed by atoms with Crippen LogP contribution in [0.3, 0.4) is 0 Å². The predicted octanol–water partition coefficient (Wildman–Crippen LogP) is 20.9. The number of aliphatic hydroxyl groups is 1. The average Bonchev–Trinajstić information content (AvgIpc) is 3.45. The summed E-state index contributed by atoms with van der Waals surface area (Å²) in [6.07, 6.45) is 67.0. The molecule has 12 heteroatoms. The molecule has 0 fully saturated rings. The van der Waals surface area contributed by atoms with E-state index in [9.17, 15) is 28.9 Å². The highest BCUT2D eigenvalue weighted by atomic mass is 31.2. The zero-order valence-electron chi connectivity index (χ0n) is 52.6. The van der Waals surface area contributed by atoms with E-state index >= 15 is 0 Å². The SMILES string of the molecule is CCCCC/C=C\C/C=C\CCCCCCCCCC(=O)OC(COC(=O)CCCCCCCCCCCCCCCCCCCCC)COP(=O)(O)OCC(CO)OC(=O)CCCCCCCCCCCCCCCCCCC. The van der Waals surface area contributed by atoms with Crippen molar-refractivity contribution in [3.05, 3.63) is 24.3 Å². The lowest BCUT2D eigenvalue weighted by Crippen LogP contribution is -2.30. The fourth-order valence-corrected chi connectivity index (χ4v) is 10.9. The molecule has 3 unspecified atom stereocenters. The predicted molar refractivity (Wildman–Crippen MR) is 335 cm³/mol. The monoisotopic (exact) mass is 1150 g/mol. The molecule has 0 aromatic rings. The first-order valence-corrected chi connectivity index (χ1v) is 35.7. The molecule has 0 saturated heterocycles. The van der Waals surface area contributed by atoms with Crippen LogP contribution in [-0.2, 0) is 42.2 Å². The van der Waals surface area contributed by atoms with Crippen molar-refractivity contribution in [3.8, 4) is 0 Å². The van der Waals surface area contributed by atoms with Crippen LogP contribution in [0.1, 0.15) is 355 Å². The minimum Gasteiger partial charge on any atom is -0.462 e. The second kappa shape index (κ2) is 63.0. The van der Waals surface area contributed by atoms with Crippen LogP contribution >= 0.6 is 7.82 Å². The van der Waals surface area contributed by atoms with Crippen molar-refractivity contribution in [1.82, 2.24) is 0 Å². The molecule has 0 radical (unpaired) electrons. The van der Waals surface area contributed by atoms with E-state index in [4.69, 9.17) is 23.3 Å². The van der Waals surface area contributed by atoms with Crippen molar-refractivity contribution >= 4 is 25.7 Å². The minimum absolute atomic E-state index is 0.165. The van der Waals surface area contributed by atoms with Gasteiger partial charge in [0.05, 0.1) is 19.8 Å². The summed E-state index contributed by atoms with van der Waals surface area (Å²) in [5.74, 6) is -1.44. The van der Waals surface area contributed by atoms with Gasteiger partial charge in [-0.3, -0.25) is 23.4 Å². The van der Waals surface area contributed by atoms with E-state index in [1.165, 1.54) is 218 Å². The van der Waals surface area contributed by atoms with Gasteiger partial charge in [0.15, 0.2) is 6.10 Å². The number of phosphoric acid groups is 1. The summed E-state index contributed by atoms with van der Waals surface area (Å²) in [4.78, 5) is 48.8. The first-order chi connectivity index (χ1) is 39.2. The van der Waals surface area contributed by atoms with Crippen molar-refractivity contribution in [2.24, 2.45) is 0 Å². The average molecular weight is 1150 g/mol. The summed E-state index contributed by atoms with van der Waals surface area (Å²) >= 11 is 0. The van der Waals surface area contributed by atoms with Crippen LogP contribution < -0.4 is 0 Å². The molecule has 11 nitrogen and oxygen atoms in total. The number of carbonyl (C=O) groups excluding carboxylic acids is 3. The summed E-state index contributed by atoms with van der Waals surface area (Å²) in [5, 5.41) is 9.87. The first kappa shape index (κ1) is 78.0. The molecule has 0 aliphatic rings. The Kier molecular flexibility index (Phi) is 61.4. The maximum absolute atomic E-state index is 13.0. The Balaban J connectivity index is 4.63. The summed E-state index contributed by atoms with van der Waals surface area (Å²) in [6, 6.07) is 0. The molecule has 472 valence electrons. The molecular weight excluding hydrogens is 1020 g/mol. The van der Waals surface area contributed by atoms with Crippen molar-refractivity contribution in [1.29, 1.82) is 0 Å². The van der Waals surface area contributed by atoms with Crippen LogP contribution in [0.25, 0.3) is 0 Å². The third-order valence-corrected chi connectivity index (χ3v) is 16.3. The lowest BCUT2D eigenvalue weighted by Gasteiger charge is -2.21. The third kappa shape index (κ3) is 60.5.